The summed E-state index contributed by atoms with van der Waals surface area (Å²) >= 11 is 3.05. The molecule has 1 N–H and O–H groups in total. The Kier molecular flexibility index (Phi) is 4.77. The number of amides is 1. The van der Waals surface area contributed by atoms with Crippen molar-refractivity contribution in [3.05, 3.63) is 46.4 Å². The Balaban J connectivity index is 1.79. The van der Waals surface area contributed by atoms with Crippen LogP contribution in [-0.4, -0.2) is 27.5 Å². The van der Waals surface area contributed by atoms with Gasteiger partial charge in [0, 0.05) is 29.0 Å². The standard InChI is InChI=1S/C16H17N3O2S2/c1-10-7-17-16-19(15(10)21)8-11(9-23-16)14(20)18-12-5-3-4-6-13(12)22-2/h3-7,11H,8-9H2,1-2H3,(H,18,20). The molecule has 0 saturated carbocycles. The summed E-state index contributed by atoms with van der Waals surface area (Å²) in [5.74, 6) is 0.324. The van der Waals surface area contributed by atoms with Crippen LogP contribution in [0.15, 0.2) is 45.3 Å². The second-order valence-corrected chi connectivity index (χ2v) is 7.17. The van der Waals surface area contributed by atoms with Gasteiger partial charge in [-0.3, -0.25) is 14.2 Å². The van der Waals surface area contributed by atoms with E-state index in [4.69, 9.17) is 0 Å². The zero-order valence-corrected chi connectivity index (χ0v) is 14.5. The number of aromatic nitrogens is 2. The molecule has 1 unspecified atom stereocenters. The number of benzene rings is 1. The number of para-hydroxylation sites is 1. The molecule has 1 aromatic carbocycles. The molecule has 3 rings (SSSR count). The van der Waals surface area contributed by atoms with Gasteiger partial charge in [0.25, 0.3) is 5.56 Å². The molecule has 1 aromatic heterocycles. The van der Waals surface area contributed by atoms with Gasteiger partial charge in [0.2, 0.25) is 5.91 Å². The van der Waals surface area contributed by atoms with Crippen molar-refractivity contribution >= 4 is 35.1 Å². The first-order valence-corrected chi connectivity index (χ1v) is 9.44. The fourth-order valence-electron chi connectivity index (χ4n) is 2.44. The van der Waals surface area contributed by atoms with E-state index in [2.05, 4.69) is 10.3 Å². The maximum atomic E-state index is 12.6. The Morgan fingerprint density at radius 3 is 3.00 bits per heavy atom. The van der Waals surface area contributed by atoms with Crippen molar-refractivity contribution < 1.29 is 4.79 Å². The lowest BCUT2D eigenvalue weighted by atomic mass is 10.1. The lowest BCUT2D eigenvalue weighted by Crippen LogP contribution is -2.37. The molecule has 1 amide bonds. The summed E-state index contributed by atoms with van der Waals surface area (Å²) in [7, 11) is 0. The minimum absolute atomic E-state index is 0.0574. The molecular weight excluding hydrogens is 330 g/mol. The van der Waals surface area contributed by atoms with E-state index in [0.717, 1.165) is 10.6 Å². The van der Waals surface area contributed by atoms with Gasteiger partial charge in [0.15, 0.2) is 5.16 Å². The maximum Gasteiger partial charge on any atom is 0.257 e. The minimum Gasteiger partial charge on any atom is -0.325 e. The van der Waals surface area contributed by atoms with Crippen LogP contribution in [0, 0.1) is 12.8 Å². The molecule has 0 saturated heterocycles. The number of aryl methyl sites for hydroxylation is 1. The van der Waals surface area contributed by atoms with Crippen LogP contribution in [-0.2, 0) is 11.3 Å². The molecule has 0 bridgehead atoms. The number of anilines is 1. The van der Waals surface area contributed by atoms with Gasteiger partial charge in [-0.05, 0) is 25.3 Å². The number of hydrogen-bond donors (Lipinski definition) is 1. The van der Waals surface area contributed by atoms with Crippen LogP contribution in [0.1, 0.15) is 5.56 Å². The van der Waals surface area contributed by atoms with Crippen LogP contribution in [0.25, 0.3) is 0 Å². The second-order valence-electron chi connectivity index (χ2n) is 5.34. The summed E-state index contributed by atoms with van der Waals surface area (Å²) in [6, 6.07) is 7.72. The highest BCUT2D eigenvalue weighted by Crippen LogP contribution is 2.28. The maximum absolute atomic E-state index is 12.6. The van der Waals surface area contributed by atoms with Gasteiger partial charge in [-0.15, -0.1) is 11.8 Å². The molecule has 23 heavy (non-hydrogen) atoms. The highest BCUT2D eigenvalue weighted by Gasteiger charge is 2.27. The number of nitrogens with zero attached hydrogens (tertiary/aromatic N) is 2. The molecule has 2 heterocycles. The van der Waals surface area contributed by atoms with Crippen LogP contribution in [0.5, 0.6) is 0 Å². The molecular formula is C16H17N3O2S2. The van der Waals surface area contributed by atoms with Crippen LogP contribution < -0.4 is 10.9 Å². The summed E-state index contributed by atoms with van der Waals surface area (Å²) in [4.78, 5) is 30.1. The largest absolute Gasteiger partial charge is 0.325 e. The number of fused-ring (bicyclic) bond motifs is 1. The van der Waals surface area contributed by atoms with Gasteiger partial charge < -0.3 is 5.32 Å². The number of carbonyl (C=O) groups is 1. The smallest absolute Gasteiger partial charge is 0.257 e. The van der Waals surface area contributed by atoms with E-state index in [0.29, 0.717) is 23.0 Å². The first kappa shape index (κ1) is 16.1. The number of carbonyl (C=O) groups excluding carboxylic acids is 1. The van der Waals surface area contributed by atoms with Crippen LogP contribution >= 0.6 is 23.5 Å². The lowest BCUT2D eigenvalue weighted by Gasteiger charge is -2.24. The van der Waals surface area contributed by atoms with Crippen LogP contribution in [0.2, 0.25) is 0 Å². The predicted octanol–water partition coefficient (Wildman–Crippen LogP) is 2.63. The predicted molar refractivity (Wildman–Crippen MR) is 94.3 cm³/mol. The Labute approximate surface area is 142 Å². The third-order valence-electron chi connectivity index (χ3n) is 3.73. The Morgan fingerprint density at radius 2 is 2.22 bits per heavy atom. The molecule has 2 aromatic rings. The van der Waals surface area contributed by atoms with Gasteiger partial charge in [0.05, 0.1) is 11.6 Å². The van der Waals surface area contributed by atoms with Crippen molar-refractivity contribution in [3.63, 3.8) is 0 Å². The molecule has 7 heteroatoms. The summed E-state index contributed by atoms with van der Waals surface area (Å²) < 4.78 is 1.61. The van der Waals surface area contributed by atoms with E-state index in [1.54, 1.807) is 29.4 Å². The topological polar surface area (TPSA) is 64.0 Å². The number of hydrogen-bond acceptors (Lipinski definition) is 5. The van der Waals surface area contributed by atoms with Crippen molar-refractivity contribution in [2.45, 2.75) is 23.5 Å². The molecule has 0 fully saturated rings. The molecule has 5 nitrogen and oxygen atoms in total. The van der Waals surface area contributed by atoms with Gasteiger partial charge in [-0.25, -0.2) is 4.98 Å². The summed E-state index contributed by atoms with van der Waals surface area (Å²) in [5.41, 5.74) is 1.35. The van der Waals surface area contributed by atoms with E-state index >= 15 is 0 Å². The highest BCUT2D eigenvalue weighted by atomic mass is 32.2. The van der Waals surface area contributed by atoms with Gasteiger partial charge in [-0.1, -0.05) is 23.9 Å². The number of nitrogens with one attached hydrogen (secondary N) is 1. The number of rotatable bonds is 3. The Hall–Kier alpha value is -1.73. The van der Waals surface area contributed by atoms with Crippen LogP contribution in [0.4, 0.5) is 5.69 Å². The summed E-state index contributed by atoms with van der Waals surface area (Å²) in [6.45, 7) is 2.12. The van der Waals surface area contributed by atoms with E-state index in [9.17, 15) is 9.59 Å². The molecule has 1 atom stereocenters. The average Bonchev–Trinajstić information content (AvgIpc) is 2.58. The molecule has 0 radical (unpaired) electrons. The van der Waals surface area contributed by atoms with Gasteiger partial charge in [0.1, 0.15) is 0 Å². The second kappa shape index (κ2) is 6.80. The Bertz CT molecular complexity index is 804. The van der Waals surface area contributed by atoms with E-state index in [-0.39, 0.29) is 17.4 Å². The quantitative estimate of drug-likeness (QED) is 0.683. The summed E-state index contributed by atoms with van der Waals surface area (Å²) in [5, 5.41) is 3.68. The van der Waals surface area contributed by atoms with Crippen molar-refractivity contribution in [2.24, 2.45) is 5.92 Å². The third-order valence-corrected chi connectivity index (χ3v) is 5.68. The molecule has 0 spiro atoms. The highest BCUT2D eigenvalue weighted by molar-refractivity contribution is 7.99. The van der Waals surface area contributed by atoms with Crippen molar-refractivity contribution in [2.75, 3.05) is 17.3 Å². The third kappa shape index (κ3) is 3.30. The fraction of sp³-hybridized carbons (Fsp3) is 0.312. The minimum atomic E-state index is -0.247. The van der Waals surface area contributed by atoms with E-state index in [1.165, 1.54) is 11.8 Å². The van der Waals surface area contributed by atoms with E-state index in [1.807, 2.05) is 30.5 Å². The normalized spacial score (nSPS) is 16.7. The zero-order chi connectivity index (χ0) is 16.4. The molecule has 1 aliphatic rings. The average molecular weight is 347 g/mol. The summed E-state index contributed by atoms with van der Waals surface area (Å²) in [6.07, 6.45) is 3.57. The fourth-order valence-corrected chi connectivity index (χ4v) is 4.04. The molecule has 1 aliphatic heterocycles. The van der Waals surface area contributed by atoms with Crippen molar-refractivity contribution in [1.29, 1.82) is 0 Å². The van der Waals surface area contributed by atoms with Crippen LogP contribution in [0.3, 0.4) is 0 Å². The zero-order valence-electron chi connectivity index (χ0n) is 12.9. The van der Waals surface area contributed by atoms with Crippen molar-refractivity contribution in [1.82, 2.24) is 9.55 Å². The SMILES string of the molecule is CSc1ccccc1NC(=O)C1CSc2ncc(C)c(=O)n2C1. The van der Waals surface area contributed by atoms with Crippen molar-refractivity contribution in [3.8, 4) is 0 Å². The van der Waals surface area contributed by atoms with Gasteiger partial charge >= 0.3 is 0 Å². The first-order chi connectivity index (χ1) is 11.1. The first-order valence-electron chi connectivity index (χ1n) is 7.23. The molecule has 120 valence electrons. The Morgan fingerprint density at radius 1 is 1.43 bits per heavy atom. The lowest BCUT2D eigenvalue weighted by molar-refractivity contribution is -0.119. The van der Waals surface area contributed by atoms with E-state index < -0.39 is 0 Å². The number of thioether (sulfide) groups is 2. The monoisotopic (exact) mass is 347 g/mol. The van der Waals surface area contributed by atoms with Gasteiger partial charge in [-0.2, -0.15) is 0 Å². The molecule has 0 aliphatic carbocycles.